The number of alkyl carbamates (subject to hydrolysis) is 1. The van der Waals surface area contributed by atoms with Crippen LogP contribution in [-0.2, 0) is 11.3 Å². The number of aromatic nitrogens is 2. The minimum Gasteiger partial charge on any atom is -0.444 e. The van der Waals surface area contributed by atoms with E-state index >= 15 is 0 Å². The van der Waals surface area contributed by atoms with Crippen LogP contribution in [0, 0.1) is 0 Å². The summed E-state index contributed by atoms with van der Waals surface area (Å²) in [5, 5.41) is 13.5. The lowest BCUT2D eigenvalue weighted by atomic mass is 10.1. The largest absolute Gasteiger partial charge is 0.444 e. The third kappa shape index (κ3) is 11.2. The lowest BCUT2D eigenvalue weighted by molar-refractivity contribution is 0.0474. The maximum atomic E-state index is 11.9. The van der Waals surface area contributed by atoms with Crippen LogP contribution >= 0.6 is 24.0 Å². The van der Waals surface area contributed by atoms with E-state index in [1.54, 1.807) is 13.2 Å². The first kappa shape index (κ1) is 24.5. The molecule has 0 aliphatic heterocycles. The number of hydrogen-bond donors (Lipinski definition) is 3. The van der Waals surface area contributed by atoms with E-state index in [1.807, 2.05) is 51.6 Å². The second-order valence-corrected chi connectivity index (χ2v) is 7.49. The number of guanidine groups is 1. The molecule has 0 unspecified atom stereocenters. The molecule has 0 aliphatic rings. The molecule has 0 saturated carbocycles. The molecule has 1 aromatic rings. The van der Waals surface area contributed by atoms with Crippen LogP contribution in [0.1, 0.15) is 41.0 Å². The molecule has 0 spiro atoms. The van der Waals surface area contributed by atoms with Gasteiger partial charge in [-0.3, -0.25) is 9.67 Å². The third-order valence-corrected chi connectivity index (χ3v) is 3.18. The molecule has 0 fully saturated rings. The Labute approximate surface area is 173 Å². The molecule has 0 bridgehead atoms. The lowest BCUT2D eigenvalue weighted by Gasteiger charge is -2.29. The first-order valence-electron chi connectivity index (χ1n) is 8.54. The van der Waals surface area contributed by atoms with Crippen molar-refractivity contribution in [2.45, 2.75) is 58.7 Å². The molecule has 1 amide bonds. The molecular weight excluding hydrogens is 447 g/mol. The number of aryl methyl sites for hydroxylation is 1. The van der Waals surface area contributed by atoms with Crippen molar-refractivity contribution in [3.8, 4) is 0 Å². The van der Waals surface area contributed by atoms with E-state index in [9.17, 15) is 4.79 Å². The Bertz CT molecular complexity index is 552. The number of aliphatic imine (C=N–C) groups is 1. The van der Waals surface area contributed by atoms with Crippen molar-refractivity contribution in [1.82, 2.24) is 25.7 Å². The van der Waals surface area contributed by atoms with Crippen LogP contribution in [0.25, 0.3) is 0 Å². The molecule has 1 heterocycles. The third-order valence-electron chi connectivity index (χ3n) is 3.18. The molecule has 0 radical (unpaired) electrons. The Morgan fingerprint density at radius 1 is 1.23 bits per heavy atom. The van der Waals surface area contributed by atoms with Gasteiger partial charge >= 0.3 is 6.09 Å². The number of carbonyl (C=O) groups excluding carboxylic acids is 1. The van der Waals surface area contributed by atoms with Crippen molar-refractivity contribution >= 4 is 36.0 Å². The highest BCUT2D eigenvalue weighted by molar-refractivity contribution is 14.0. The average molecular weight is 480 g/mol. The normalized spacial score (nSPS) is 12.2. The molecule has 9 heteroatoms. The van der Waals surface area contributed by atoms with Crippen molar-refractivity contribution in [2.75, 3.05) is 20.1 Å². The van der Waals surface area contributed by atoms with Crippen molar-refractivity contribution in [1.29, 1.82) is 0 Å². The maximum Gasteiger partial charge on any atom is 0.408 e. The molecule has 0 saturated heterocycles. The zero-order valence-electron chi connectivity index (χ0n) is 16.6. The molecule has 8 nitrogen and oxygen atoms in total. The van der Waals surface area contributed by atoms with Crippen LogP contribution in [0.3, 0.4) is 0 Å². The fourth-order valence-corrected chi connectivity index (χ4v) is 2.03. The van der Waals surface area contributed by atoms with Crippen molar-refractivity contribution < 1.29 is 9.53 Å². The van der Waals surface area contributed by atoms with Crippen LogP contribution in [0.2, 0.25) is 0 Å². The number of carbonyl (C=O) groups is 1. The fourth-order valence-electron chi connectivity index (χ4n) is 2.03. The van der Waals surface area contributed by atoms with Crippen LogP contribution in [0.15, 0.2) is 23.5 Å². The Morgan fingerprint density at radius 2 is 1.92 bits per heavy atom. The minimum atomic E-state index is -0.514. The first-order chi connectivity index (χ1) is 11.6. The van der Waals surface area contributed by atoms with Gasteiger partial charge in [-0.25, -0.2) is 4.79 Å². The van der Waals surface area contributed by atoms with E-state index in [-0.39, 0.29) is 24.0 Å². The average Bonchev–Trinajstić information content (AvgIpc) is 2.97. The molecule has 1 rings (SSSR count). The van der Waals surface area contributed by atoms with Crippen molar-refractivity contribution in [3.63, 3.8) is 0 Å². The van der Waals surface area contributed by atoms with E-state index < -0.39 is 17.2 Å². The van der Waals surface area contributed by atoms with Gasteiger partial charge in [-0.05, 0) is 47.1 Å². The van der Waals surface area contributed by atoms with Gasteiger partial charge in [0.15, 0.2) is 5.96 Å². The first-order valence-corrected chi connectivity index (χ1v) is 8.54. The SMILES string of the molecule is CN=C(NCCCn1cccn1)NCC(C)(C)NC(=O)OC(C)(C)C.I. The summed E-state index contributed by atoms with van der Waals surface area (Å²) in [6, 6.07) is 1.91. The van der Waals surface area contributed by atoms with Gasteiger partial charge in [0.2, 0.25) is 0 Å². The highest BCUT2D eigenvalue weighted by atomic mass is 127. The zero-order chi connectivity index (χ0) is 18.9. The van der Waals surface area contributed by atoms with Gasteiger partial charge in [-0.15, -0.1) is 24.0 Å². The summed E-state index contributed by atoms with van der Waals surface area (Å²) < 4.78 is 7.18. The molecule has 1 aromatic heterocycles. The zero-order valence-corrected chi connectivity index (χ0v) is 19.0. The Kier molecular flexibility index (Phi) is 10.6. The molecule has 26 heavy (non-hydrogen) atoms. The predicted octanol–water partition coefficient (Wildman–Crippen LogP) is 2.36. The van der Waals surface area contributed by atoms with E-state index in [1.165, 1.54) is 0 Å². The highest BCUT2D eigenvalue weighted by Gasteiger charge is 2.24. The topological polar surface area (TPSA) is 92.6 Å². The predicted molar refractivity (Wildman–Crippen MR) is 115 cm³/mol. The summed E-state index contributed by atoms with van der Waals surface area (Å²) in [5.74, 6) is 0.694. The molecular formula is C17H33IN6O2. The molecule has 3 N–H and O–H groups in total. The van der Waals surface area contributed by atoms with Crippen LogP contribution in [0.5, 0.6) is 0 Å². The summed E-state index contributed by atoms with van der Waals surface area (Å²) >= 11 is 0. The van der Waals surface area contributed by atoms with E-state index in [4.69, 9.17) is 4.74 Å². The Morgan fingerprint density at radius 3 is 2.46 bits per heavy atom. The van der Waals surface area contributed by atoms with E-state index in [0.717, 1.165) is 19.5 Å². The van der Waals surface area contributed by atoms with Crippen molar-refractivity contribution in [3.05, 3.63) is 18.5 Å². The Balaban J connectivity index is 0.00000625. The van der Waals surface area contributed by atoms with Gasteiger partial charge in [-0.2, -0.15) is 5.10 Å². The number of hydrogen-bond acceptors (Lipinski definition) is 4. The van der Waals surface area contributed by atoms with Crippen LogP contribution < -0.4 is 16.0 Å². The van der Waals surface area contributed by atoms with Gasteiger partial charge in [0.25, 0.3) is 0 Å². The summed E-state index contributed by atoms with van der Waals surface area (Å²) in [7, 11) is 1.72. The Hall–Kier alpha value is -1.52. The van der Waals surface area contributed by atoms with Crippen molar-refractivity contribution in [2.24, 2.45) is 4.99 Å². The lowest BCUT2D eigenvalue weighted by Crippen LogP contribution is -2.54. The van der Waals surface area contributed by atoms with Gasteiger partial charge < -0.3 is 20.7 Å². The monoisotopic (exact) mass is 480 g/mol. The van der Waals surface area contributed by atoms with Gasteiger partial charge in [-0.1, -0.05) is 0 Å². The fraction of sp³-hybridized carbons (Fsp3) is 0.706. The second kappa shape index (κ2) is 11.2. The maximum absolute atomic E-state index is 11.9. The summed E-state index contributed by atoms with van der Waals surface area (Å²) in [6.07, 6.45) is 4.22. The minimum absolute atomic E-state index is 0. The number of nitrogens with zero attached hydrogens (tertiary/aromatic N) is 3. The van der Waals surface area contributed by atoms with E-state index in [2.05, 4.69) is 26.0 Å². The molecule has 0 aromatic carbocycles. The number of nitrogens with one attached hydrogen (secondary N) is 3. The van der Waals surface area contributed by atoms with Gasteiger partial charge in [0, 0.05) is 39.1 Å². The molecule has 0 aliphatic carbocycles. The quantitative estimate of drug-likeness (QED) is 0.241. The summed E-state index contributed by atoms with van der Waals surface area (Å²) in [6.45, 7) is 11.5. The number of amides is 1. The summed E-state index contributed by atoms with van der Waals surface area (Å²) in [5.41, 5.74) is -0.991. The smallest absolute Gasteiger partial charge is 0.408 e. The summed E-state index contributed by atoms with van der Waals surface area (Å²) in [4.78, 5) is 16.1. The van der Waals surface area contributed by atoms with Crippen LogP contribution in [-0.4, -0.2) is 53.1 Å². The van der Waals surface area contributed by atoms with Gasteiger partial charge in [0.1, 0.15) is 5.60 Å². The highest BCUT2D eigenvalue weighted by Crippen LogP contribution is 2.09. The van der Waals surface area contributed by atoms with Gasteiger partial charge in [0.05, 0.1) is 5.54 Å². The molecule has 150 valence electrons. The number of halogens is 1. The molecule has 0 atom stereocenters. The number of ether oxygens (including phenoxy) is 1. The standard InChI is InChI=1S/C17H32N6O2.HI/c1-16(2,3)25-15(24)22-17(4,5)13-20-14(18-6)19-9-7-11-23-12-8-10-21-23;/h8,10,12H,7,9,11,13H2,1-6H3,(H,22,24)(H2,18,19,20);1H. The second-order valence-electron chi connectivity index (χ2n) is 7.49. The van der Waals surface area contributed by atoms with Crippen LogP contribution in [0.4, 0.5) is 4.79 Å². The number of rotatable bonds is 7. The van der Waals surface area contributed by atoms with E-state index in [0.29, 0.717) is 12.5 Å².